The number of carbonyl (C=O) groups excluding carboxylic acids is 1. The molecule has 1 aliphatic carbocycles. The summed E-state index contributed by atoms with van der Waals surface area (Å²) < 4.78 is 0. The molecule has 106 valence electrons. The van der Waals surface area contributed by atoms with E-state index >= 15 is 0 Å². The number of amides is 1. The lowest BCUT2D eigenvalue weighted by atomic mass is 9.77. The van der Waals surface area contributed by atoms with E-state index in [-0.39, 0.29) is 17.9 Å². The van der Waals surface area contributed by atoms with Gasteiger partial charge < -0.3 is 10.6 Å². The van der Waals surface area contributed by atoms with Crippen LogP contribution in [-0.4, -0.2) is 29.9 Å². The van der Waals surface area contributed by atoms with Gasteiger partial charge in [-0.05, 0) is 38.0 Å². The van der Waals surface area contributed by atoms with Gasteiger partial charge in [0.25, 0.3) is 0 Å². The minimum absolute atomic E-state index is 0.0355. The number of nitrogens with two attached hydrogens (primary N) is 1. The molecule has 0 aromatic heterocycles. The molecule has 1 saturated carbocycles. The quantitative estimate of drug-likeness (QED) is 0.838. The van der Waals surface area contributed by atoms with Gasteiger partial charge in [-0.3, -0.25) is 4.79 Å². The molecule has 0 bridgehead atoms. The second-order valence-electron chi connectivity index (χ2n) is 6.52. The van der Waals surface area contributed by atoms with E-state index in [1.165, 1.54) is 0 Å². The standard InChI is InChI=1S/C15H30N2O/c1-10(2)9-12(4)17(5)15(18)13-8-6-7-11(3)14(13)16/h10-14H,6-9,16H2,1-5H3. The van der Waals surface area contributed by atoms with Crippen molar-refractivity contribution < 1.29 is 4.79 Å². The van der Waals surface area contributed by atoms with Gasteiger partial charge in [0.15, 0.2) is 0 Å². The van der Waals surface area contributed by atoms with Crippen molar-refractivity contribution in [1.82, 2.24) is 4.90 Å². The Morgan fingerprint density at radius 1 is 1.33 bits per heavy atom. The normalized spacial score (nSPS) is 30.3. The first-order valence-electron chi connectivity index (χ1n) is 7.36. The lowest BCUT2D eigenvalue weighted by Crippen LogP contribution is -2.49. The lowest BCUT2D eigenvalue weighted by Gasteiger charge is -2.37. The summed E-state index contributed by atoms with van der Waals surface area (Å²) >= 11 is 0. The molecule has 4 unspecified atom stereocenters. The molecule has 1 aliphatic rings. The van der Waals surface area contributed by atoms with Crippen LogP contribution in [0.5, 0.6) is 0 Å². The number of nitrogens with zero attached hydrogens (tertiary/aromatic N) is 1. The summed E-state index contributed by atoms with van der Waals surface area (Å²) in [6.45, 7) is 8.70. The van der Waals surface area contributed by atoms with E-state index in [2.05, 4.69) is 27.7 Å². The second-order valence-corrected chi connectivity index (χ2v) is 6.52. The highest BCUT2D eigenvalue weighted by atomic mass is 16.2. The zero-order valence-electron chi connectivity index (χ0n) is 12.6. The highest BCUT2D eigenvalue weighted by molar-refractivity contribution is 5.79. The van der Waals surface area contributed by atoms with Gasteiger partial charge in [-0.15, -0.1) is 0 Å². The Labute approximate surface area is 112 Å². The van der Waals surface area contributed by atoms with Gasteiger partial charge in [-0.2, -0.15) is 0 Å². The van der Waals surface area contributed by atoms with Crippen molar-refractivity contribution >= 4 is 5.91 Å². The van der Waals surface area contributed by atoms with Crippen molar-refractivity contribution in [3.8, 4) is 0 Å². The molecular weight excluding hydrogens is 224 g/mol. The molecule has 1 fully saturated rings. The van der Waals surface area contributed by atoms with Crippen LogP contribution in [0.1, 0.15) is 53.4 Å². The highest BCUT2D eigenvalue weighted by Gasteiger charge is 2.35. The number of carbonyl (C=O) groups is 1. The van der Waals surface area contributed by atoms with Crippen LogP contribution in [0.25, 0.3) is 0 Å². The molecule has 3 heteroatoms. The third-order valence-corrected chi connectivity index (χ3v) is 4.43. The molecule has 0 aromatic rings. The van der Waals surface area contributed by atoms with Gasteiger partial charge in [-0.1, -0.05) is 27.2 Å². The fraction of sp³-hybridized carbons (Fsp3) is 0.933. The highest BCUT2D eigenvalue weighted by Crippen LogP contribution is 2.29. The molecular formula is C15H30N2O. The van der Waals surface area contributed by atoms with E-state index in [1.54, 1.807) is 0 Å². The minimum Gasteiger partial charge on any atom is -0.343 e. The Hall–Kier alpha value is -0.570. The van der Waals surface area contributed by atoms with Gasteiger partial charge in [0.2, 0.25) is 5.91 Å². The number of hydrogen-bond acceptors (Lipinski definition) is 2. The van der Waals surface area contributed by atoms with Gasteiger partial charge in [-0.25, -0.2) is 0 Å². The summed E-state index contributed by atoms with van der Waals surface area (Å²) in [5, 5.41) is 0. The molecule has 3 nitrogen and oxygen atoms in total. The van der Waals surface area contributed by atoms with E-state index in [1.807, 2.05) is 11.9 Å². The van der Waals surface area contributed by atoms with Crippen molar-refractivity contribution in [3.05, 3.63) is 0 Å². The Morgan fingerprint density at radius 3 is 2.50 bits per heavy atom. The van der Waals surface area contributed by atoms with E-state index < -0.39 is 0 Å². The maximum absolute atomic E-state index is 12.5. The third-order valence-electron chi connectivity index (χ3n) is 4.43. The molecule has 1 rings (SSSR count). The van der Waals surface area contributed by atoms with Crippen LogP contribution in [0.4, 0.5) is 0 Å². The molecule has 0 radical (unpaired) electrons. The molecule has 0 heterocycles. The van der Waals surface area contributed by atoms with Gasteiger partial charge in [0, 0.05) is 19.1 Å². The van der Waals surface area contributed by atoms with Crippen molar-refractivity contribution in [2.75, 3.05) is 7.05 Å². The first-order valence-corrected chi connectivity index (χ1v) is 7.36. The number of rotatable bonds is 4. The summed E-state index contributed by atoms with van der Waals surface area (Å²) in [5.41, 5.74) is 6.22. The molecule has 0 spiro atoms. The van der Waals surface area contributed by atoms with Crippen LogP contribution in [0.15, 0.2) is 0 Å². The average Bonchev–Trinajstić information content (AvgIpc) is 2.30. The Balaban J connectivity index is 2.62. The summed E-state index contributed by atoms with van der Waals surface area (Å²) in [6.07, 6.45) is 4.32. The van der Waals surface area contributed by atoms with Crippen molar-refractivity contribution in [3.63, 3.8) is 0 Å². The van der Waals surface area contributed by atoms with Crippen LogP contribution in [0, 0.1) is 17.8 Å². The third kappa shape index (κ3) is 3.71. The van der Waals surface area contributed by atoms with Crippen LogP contribution < -0.4 is 5.73 Å². The second kappa shape index (κ2) is 6.55. The van der Waals surface area contributed by atoms with Crippen LogP contribution in [-0.2, 0) is 4.79 Å². The first-order chi connectivity index (χ1) is 8.34. The van der Waals surface area contributed by atoms with E-state index in [9.17, 15) is 4.79 Å². The molecule has 4 atom stereocenters. The lowest BCUT2D eigenvalue weighted by molar-refractivity contribution is -0.138. The maximum atomic E-state index is 12.5. The predicted octanol–water partition coefficient (Wildman–Crippen LogP) is 2.64. The Bertz CT molecular complexity index is 278. The smallest absolute Gasteiger partial charge is 0.227 e. The zero-order chi connectivity index (χ0) is 13.9. The largest absolute Gasteiger partial charge is 0.343 e. The van der Waals surface area contributed by atoms with E-state index in [0.717, 1.165) is 25.7 Å². The summed E-state index contributed by atoms with van der Waals surface area (Å²) in [6, 6.07) is 0.349. The van der Waals surface area contributed by atoms with E-state index in [4.69, 9.17) is 5.73 Å². The van der Waals surface area contributed by atoms with Gasteiger partial charge in [0.05, 0.1) is 5.92 Å². The molecule has 0 aliphatic heterocycles. The molecule has 0 aromatic carbocycles. The molecule has 2 N–H and O–H groups in total. The Kier molecular flexibility index (Phi) is 5.64. The summed E-state index contributed by atoms with van der Waals surface area (Å²) in [5.74, 6) is 1.38. The van der Waals surface area contributed by atoms with E-state index in [0.29, 0.717) is 17.9 Å². The summed E-state index contributed by atoms with van der Waals surface area (Å²) in [4.78, 5) is 14.4. The van der Waals surface area contributed by atoms with Gasteiger partial charge in [0.1, 0.15) is 0 Å². The maximum Gasteiger partial charge on any atom is 0.227 e. The fourth-order valence-electron chi connectivity index (χ4n) is 3.05. The molecule has 18 heavy (non-hydrogen) atoms. The molecule has 1 amide bonds. The monoisotopic (exact) mass is 254 g/mol. The minimum atomic E-state index is 0.0355. The zero-order valence-corrected chi connectivity index (χ0v) is 12.6. The van der Waals surface area contributed by atoms with Crippen molar-refractivity contribution in [1.29, 1.82) is 0 Å². The summed E-state index contributed by atoms with van der Waals surface area (Å²) in [7, 11) is 1.93. The fourth-order valence-corrected chi connectivity index (χ4v) is 3.05. The Morgan fingerprint density at radius 2 is 1.94 bits per heavy atom. The van der Waals surface area contributed by atoms with Crippen molar-refractivity contribution in [2.24, 2.45) is 23.5 Å². The van der Waals surface area contributed by atoms with Gasteiger partial charge >= 0.3 is 0 Å². The number of hydrogen-bond donors (Lipinski definition) is 1. The van der Waals surface area contributed by atoms with Crippen LogP contribution in [0.2, 0.25) is 0 Å². The predicted molar refractivity (Wildman–Crippen MR) is 76.2 cm³/mol. The SMILES string of the molecule is CC(C)CC(C)N(C)C(=O)C1CCCC(C)C1N. The topological polar surface area (TPSA) is 46.3 Å². The van der Waals surface area contributed by atoms with Crippen LogP contribution in [0.3, 0.4) is 0 Å². The average molecular weight is 254 g/mol. The van der Waals surface area contributed by atoms with Crippen LogP contribution >= 0.6 is 0 Å². The molecule has 0 saturated heterocycles. The van der Waals surface area contributed by atoms with Crippen molar-refractivity contribution in [2.45, 2.75) is 65.5 Å². The first kappa shape index (κ1) is 15.5.